The lowest BCUT2D eigenvalue weighted by Crippen LogP contribution is -2.59. The van der Waals surface area contributed by atoms with Crippen molar-refractivity contribution >= 4 is 5.78 Å². The van der Waals surface area contributed by atoms with E-state index >= 15 is 0 Å². The van der Waals surface area contributed by atoms with Crippen molar-refractivity contribution in [2.45, 2.75) is 58.7 Å². The van der Waals surface area contributed by atoms with Gasteiger partial charge in [0.05, 0.1) is 0 Å². The number of carbonyl (C=O) groups is 1. The van der Waals surface area contributed by atoms with Gasteiger partial charge < -0.3 is 9.84 Å². The third-order valence-corrected chi connectivity index (χ3v) is 6.03. The predicted octanol–water partition coefficient (Wildman–Crippen LogP) is 2.17. The fourth-order valence-corrected chi connectivity index (χ4v) is 5.21. The number of aliphatic hydroxyl groups is 1. The maximum absolute atomic E-state index is 12.7. The van der Waals surface area contributed by atoms with Crippen LogP contribution in [-0.4, -0.2) is 29.2 Å². The second kappa shape index (κ2) is 3.37. The summed E-state index contributed by atoms with van der Waals surface area (Å²) in [6.07, 6.45) is 3.01. The first-order chi connectivity index (χ1) is 8.27. The smallest absolute Gasteiger partial charge is 0.168 e. The molecule has 0 aromatic heterocycles. The van der Waals surface area contributed by atoms with E-state index in [2.05, 4.69) is 20.8 Å². The first kappa shape index (κ1) is 12.6. The summed E-state index contributed by atoms with van der Waals surface area (Å²) in [6, 6.07) is 0. The first-order valence-corrected chi connectivity index (χ1v) is 7.10. The van der Waals surface area contributed by atoms with E-state index in [0.29, 0.717) is 0 Å². The fourth-order valence-electron chi connectivity index (χ4n) is 5.21. The molecule has 0 spiro atoms. The maximum atomic E-state index is 12.7. The van der Waals surface area contributed by atoms with E-state index < -0.39 is 5.60 Å². The summed E-state index contributed by atoms with van der Waals surface area (Å²) in [5.74, 6) is 0.420. The molecule has 0 amide bonds. The number of rotatable bonds is 1. The third kappa shape index (κ3) is 1.30. The molecule has 0 unspecified atom stereocenters. The molecule has 0 bridgehead atoms. The lowest BCUT2D eigenvalue weighted by Gasteiger charge is -2.56. The molecule has 3 nitrogen and oxygen atoms in total. The van der Waals surface area contributed by atoms with Crippen molar-refractivity contribution in [1.29, 1.82) is 0 Å². The highest BCUT2D eigenvalue weighted by atomic mass is 16.6. The van der Waals surface area contributed by atoms with Crippen LogP contribution in [-0.2, 0) is 9.53 Å². The summed E-state index contributed by atoms with van der Waals surface area (Å²) >= 11 is 0. The zero-order valence-corrected chi connectivity index (χ0v) is 11.8. The van der Waals surface area contributed by atoms with Crippen molar-refractivity contribution < 1.29 is 14.6 Å². The Hall–Kier alpha value is -0.410. The zero-order valence-electron chi connectivity index (χ0n) is 11.8. The molecule has 1 heterocycles. The third-order valence-electron chi connectivity index (χ3n) is 6.03. The maximum Gasteiger partial charge on any atom is 0.168 e. The van der Waals surface area contributed by atoms with Gasteiger partial charge in [0, 0.05) is 18.4 Å². The van der Waals surface area contributed by atoms with E-state index in [9.17, 15) is 9.90 Å². The number of hydrogen-bond acceptors (Lipinski definition) is 3. The number of epoxide rings is 1. The summed E-state index contributed by atoms with van der Waals surface area (Å²) in [7, 11) is 0. The molecule has 5 atom stereocenters. The Morgan fingerprint density at radius 3 is 2.56 bits per heavy atom. The van der Waals surface area contributed by atoms with Crippen molar-refractivity contribution in [3.05, 3.63) is 0 Å². The quantitative estimate of drug-likeness (QED) is 0.728. The highest BCUT2D eigenvalue weighted by molar-refractivity contribution is 5.92. The number of ketones is 1. The molecule has 2 aliphatic carbocycles. The lowest BCUT2D eigenvalue weighted by molar-refractivity contribution is -0.149. The second-order valence-electron chi connectivity index (χ2n) is 7.60. The van der Waals surface area contributed by atoms with Crippen molar-refractivity contribution in [3.8, 4) is 0 Å². The average molecular weight is 252 g/mol. The van der Waals surface area contributed by atoms with Crippen LogP contribution in [0.3, 0.4) is 0 Å². The molecule has 3 aliphatic rings. The Labute approximate surface area is 109 Å². The Morgan fingerprint density at radius 1 is 1.28 bits per heavy atom. The summed E-state index contributed by atoms with van der Waals surface area (Å²) in [4.78, 5) is 12.7. The molecule has 102 valence electrons. The predicted molar refractivity (Wildman–Crippen MR) is 68.1 cm³/mol. The van der Waals surface area contributed by atoms with Gasteiger partial charge in [0.25, 0.3) is 0 Å². The zero-order chi connectivity index (χ0) is 13.3. The van der Waals surface area contributed by atoms with Crippen molar-refractivity contribution in [3.63, 3.8) is 0 Å². The van der Waals surface area contributed by atoms with Gasteiger partial charge in [0.1, 0.15) is 11.7 Å². The number of aliphatic hydroxyl groups excluding tert-OH is 1. The molecule has 1 N–H and O–H groups in total. The van der Waals surface area contributed by atoms with Crippen LogP contribution in [0.2, 0.25) is 0 Å². The number of ether oxygens (including phenoxy) is 1. The molecule has 3 fully saturated rings. The van der Waals surface area contributed by atoms with E-state index in [-0.39, 0.29) is 41.2 Å². The molecule has 18 heavy (non-hydrogen) atoms. The Kier molecular flexibility index (Phi) is 2.36. The molecule has 0 radical (unpaired) electrons. The molecule has 3 heteroatoms. The highest BCUT2D eigenvalue weighted by Crippen LogP contribution is 2.66. The van der Waals surface area contributed by atoms with Gasteiger partial charge in [-0.2, -0.15) is 0 Å². The molecule has 2 saturated carbocycles. The molecule has 0 aromatic rings. The second-order valence-corrected chi connectivity index (χ2v) is 7.60. The van der Waals surface area contributed by atoms with Crippen LogP contribution in [0.15, 0.2) is 0 Å². The molecule has 1 aliphatic heterocycles. The van der Waals surface area contributed by atoms with Crippen molar-refractivity contribution in [2.24, 2.45) is 22.7 Å². The minimum Gasteiger partial charge on any atom is -0.396 e. The van der Waals surface area contributed by atoms with E-state index in [1.807, 2.05) is 6.92 Å². The lowest BCUT2D eigenvalue weighted by atomic mass is 9.46. The van der Waals surface area contributed by atoms with Crippen LogP contribution in [0.5, 0.6) is 0 Å². The number of carbonyl (C=O) groups excluding carboxylic acids is 1. The minimum atomic E-state index is -0.398. The van der Waals surface area contributed by atoms with E-state index in [1.165, 1.54) is 0 Å². The van der Waals surface area contributed by atoms with Gasteiger partial charge in [-0.1, -0.05) is 27.2 Å². The van der Waals surface area contributed by atoms with Crippen molar-refractivity contribution in [2.75, 3.05) is 6.61 Å². The van der Waals surface area contributed by atoms with Crippen LogP contribution in [0, 0.1) is 22.7 Å². The first-order valence-electron chi connectivity index (χ1n) is 7.10. The Balaban J connectivity index is 2.08. The van der Waals surface area contributed by atoms with E-state index in [1.54, 1.807) is 0 Å². The minimum absolute atomic E-state index is 0.0325. The molecule has 1 saturated heterocycles. The average Bonchev–Trinajstić information content (AvgIpc) is 2.89. The number of hydrogen-bond donors (Lipinski definition) is 1. The molecule has 3 rings (SSSR count). The van der Waals surface area contributed by atoms with Gasteiger partial charge in [-0.25, -0.2) is 0 Å². The van der Waals surface area contributed by atoms with Gasteiger partial charge in [-0.05, 0) is 30.6 Å². The van der Waals surface area contributed by atoms with Gasteiger partial charge in [0.2, 0.25) is 0 Å². The topological polar surface area (TPSA) is 49.8 Å². The van der Waals surface area contributed by atoms with Gasteiger partial charge in [-0.15, -0.1) is 0 Å². The Bertz CT molecular complexity index is 403. The Morgan fingerprint density at radius 2 is 1.94 bits per heavy atom. The largest absolute Gasteiger partial charge is 0.396 e. The number of Topliss-reactive ketones (excluding diaryl/α,β-unsaturated/α-hetero) is 1. The SMILES string of the molecule is CC1(C)CCC[C@]2(C)[C@@H]1C(=O)[C@H]1O[C@@]1(C)[C@H]2CO. The summed E-state index contributed by atoms with van der Waals surface area (Å²) in [6.45, 7) is 8.72. The van der Waals surface area contributed by atoms with Crippen molar-refractivity contribution in [1.82, 2.24) is 0 Å². The molecular weight excluding hydrogens is 228 g/mol. The van der Waals surface area contributed by atoms with E-state index in [0.717, 1.165) is 19.3 Å². The van der Waals surface area contributed by atoms with Crippen LogP contribution in [0.25, 0.3) is 0 Å². The molecule has 0 aromatic carbocycles. The van der Waals surface area contributed by atoms with Crippen LogP contribution >= 0.6 is 0 Å². The monoisotopic (exact) mass is 252 g/mol. The van der Waals surface area contributed by atoms with E-state index in [4.69, 9.17) is 4.74 Å². The fraction of sp³-hybridized carbons (Fsp3) is 0.933. The normalized spacial score (nSPS) is 53.6. The summed E-state index contributed by atoms with van der Waals surface area (Å²) in [5, 5.41) is 9.82. The number of fused-ring (bicyclic) bond motifs is 2. The van der Waals surface area contributed by atoms with Crippen LogP contribution < -0.4 is 0 Å². The van der Waals surface area contributed by atoms with Gasteiger partial charge in [0.15, 0.2) is 5.78 Å². The summed E-state index contributed by atoms with van der Waals surface area (Å²) in [5.41, 5.74) is -0.468. The van der Waals surface area contributed by atoms with Crippen LogP contribution in [0.1, 0.15) is 47.0 Å². The molecular formula is C15H24O3. The summed E-state index contributed by atoms with van der Waals surface area (Å²) < 4.78 is 5.72. The van der Waals surface area contributed by atoms with Crippen LogP contribution in [0.4, 0.5) is 0 Å². The standard InChI is InChI=1S/C15H24O3/c1-13(2)6-5-7-14(3)9(8-16)15(4)12(18-15)10(17)11(13)14/h9,11-12,16H,5-8H2,1-4H3/t9-,11+,12+,14-,15-/m0/s1. The van der Waals surface area contributed by atoms with Gasteiger partial charge in [-0.3, -0.25) is 4.79 Å². The highest BCUT2D eigenvalue weighted by Gasteiger charge is 2.74. The van der Waals surface area contributed by atoms with Gasteiger partial charge >= 0.3 is 0 Å².